The van der Waals surface area contributed by atoms with Crippen molar-refractivity contribution in [3.8, 4) is 11.1 Å². The van der Waals surface area contributed by atoms with Gasteiger partial charge in [-0.3, -0.25) is 4.79 Å². The average Bonchev–Trinajstić information content (AvgIpc) is 2.81. The van der Waals surface area contributed by atoms with Crippen LogP contribution in [0.3, 0.4) is 0 Å². The van der Waals surface area contributed by atoms with E-state index in [0.29, 0.717) is 12.5 Å². The van der Waals surface area contributed by atoms with Crippen LogP contribution in [0.4, 0.5) is 5.95 Å². The molecule has 1 fully saturated rings. The zero-order valence-electron chi connectivity index (χ0n) is 18.3. The van der Waals surface area contributed by atoms with Crippen molar-refractivity contribution in [2.45, 2.75) is 37.6 Å². The Balaban J connectivity index is 1.52. The number of piperidine rings is 1. The summed E-state index contributed by atoms with van der Waals surface area (Å²) in [5.74, 6) is 0.701. The Kier molecular flexibility index (Phi) is 6.56. The van der Waals surface area contributed by atoms with Crippen LogP contribution in [0.15, 0.2) is 59.8 Å². The molecule has 2 aromatic carbocycles. The van der Waals surface area contributed by atoms with Gasteiger partial charge >= 0.3 is 0 Å². The minimum Gasteiger partial charge on any atom is -0.350 e. The molecule has 4 rings (SSSR count). The lowest BCUT2D eigenvalue weighted by atomic mass is 9.95. The number of aromatic nitrogens is 2. The van der Waals surface area contributed by atoms with Crippen molar-refractivity contribution < 1.29 is 4.79 Å². The number of likely N-dealkylation sites (tertiary alicyclic amines) is 1. The van der Waals surface area contributed by atoms with E-state index in [1.54, 1.807) is 11.8 Å². The minimum atomic E-state index is 0.0824. The molecule has 5 nitrogen and oxygen atoms in total. The summed E-state index contributed by atoms with van der Waals surface area (Å²) < 4.78 is 0. The topological polar surface area (TPSA) is 58.1 Å². The second kappa shape index (κ2) is 9.52. The highest BCUT2D eigenvalue weighted by Gasteiger charge is 2.26. The third kappa shape index (κ3) is 4.90. The number of hydrogen-bond acceptors (Lipinski definition) is 5. The maximum Gasteiger partial charge on any atom is 0.254 e. The van der Waals surface area contributed by atoms with Gasteiger partial charge in [-0.1, -0.05) is 36.4 Å². The lowest BCUT2D eigenvalue weighted by molar-refractivity contribution is 0.0715. The highest BCUT2D eigenvalue weighted by atomic mass is 32.2. The van der Waals surface area contributed by atoms with Gasteiger partial charge < -0.3 is 10.2 Å². The molecule has 1 aromatic heterocycles. The van der Waals surface area contributed by atoms with Crippen LogP contribution in [0.5, 0.6) is 0 Å². The molecule has 3 aromatic rings. The first-order valence-corrected chi connectivity index (χ1v) is 11.9. The predicted octanol–water partition coefficient (Wildman–Crippen LogP) is 5.20. The molecule has 0 aliphatic carbocycles. The first-order chi connectivity index (χ1) is 15.0. The van der Waals surface area contributed by atoms with Crippen molar-refractivity contribution in [1.29, 1.82) is 0 Å². The molecule has 1 saturated heterocycles. The van der Waals surface area contributed by atoms with Crippen molar-refractivity contribution in [2.75, 3.05) is 24.7 Å². The Bertz CT molecular complexity index is 1070. The fraction of sp³-hybridized carbons (Fsp3) is 0.320. The molecule has 1 unspecified atom stereocenters. The van der Waals surface area contributed by atoms with Crippen LogP contribution in [-0.4, -0.2) is 46.2 Å². The summed E-state index contributed by atoms with van der Waals surface area (Å²) in [6.45, 7) is 5.63. The summed E-state index contributed by atoms with van der Waals surface area (Å²) in [7, 11) is 0. The first kappa shape index (κ1) is 21.4. The van der Waals surface area contributed by atoms with Crippen molar-refractivity contribution in [1.82, 2.24) is 14.9 Å². The van der Waals surface area contributed by atoms with Gasteiger partial charge in [-0.15, -0.1) is 11.8 Å². The zero-order chi connectivity index (χ0) is 21.8. The molecule has 160 valence electrons. The van der Waals surface area contributed by atoms with Gasteiger partial charge in [0.05, 0.1) is 0 Å². The molecule has 31 heavy (non-hydrogen) atoms. The van der Waals surface area contributed by atoms with Crippen LogP contribution in [0.1, 0.15) is 34.3 Å². The zero-order valence-corrected chi connectivity index (χ0v) is 19.1. The standard InChI is InChI=1S/C25H28N4OS/c1-17-10-11-19(13-18(17)2)22-8-4-5-9-23(22)24(30)29-12-6-7-20(16-29)28-25-26-14-21(31-3)15-27-25/h4-5,8-11,13-15,20H,6-7,12,16H2,1-3H3,(H,26,27,28). The quantitative estimate of drug-likeness (QED) is 0.562. The number of aryl methyl sites for hydroxylation is 2. The van der Waals surface area contributed by atoms with E-state index < -0.39 is 0 Å². The highest BCUT2D eigenvalue weighted by molar-refractivity contribution is 7.98. The molecule has 0 spiro atoms. The van der Waals surface area contributed by atoms with E-state index >= 15 is 0 Å². The van der Waals surface area contributed by atoms with Gasteiger partial charge in [0.2, 0.25) is 5.95 Å². The molecule has 1 aliphatic heterocycles. The number of carbonyl (C=O) groups is 1. The second-order valence-electron chi connectivity index (χ2n) is 8.03. The van der Waals surface area contributed by atoms with E-state index in [9.17, 15) is 4.79 Å². The van der Waals surface area contributed by atoms with Gasteiger partial charge in [-0.05, 0) is 61.3 Å². The molecule has 0 saturated carbocycles. The number of benzene rings is 2. The monoisotopic (exact) mass is 432 g/mol. The third-order valence-corrected chi connectivity index (χ3v) is 6.56. The maximum atomic E-state index is 13.5. The van der Waals surface area contributed by atoms with Gasteiger partial charge in [0.25, 0.3) is 5.91 Å². The molecule has 1 atom stereocenters. The van der Waals surface area contributed by atoms with Crippen molar-refractivity contribution >= 4 is 23.6 Å². The van der Waals surface area contributed by atoms with E-state index in [1.807, 2.05) is 47.8 Å². The molecule has 0 radical (unpaired) electrons. The van der Waals surface area contributed by atoms with Crippen LogP contribution in [0.25, 0.3) is 11.1 Å². The SMILES string of the molecule is CSc1cnc(NC2CCCN(C(=O)c3ccccc3-c3ccc(C)c(C)c3)C2)nc1. The summed E-state index contributed by atoms with van der Waals surface area (Å²) in [6, 6.07) is 14.5. The number of amides is 1. The first-order valence-electron chi connectivity index (χ1n) is 10.6. The van der Waals surface area contributed by atoms with Crippen LogP contribution in [0.2, 0.25) is 0 Å². The van der Waals surface area contributed by atoms with Crippen molar-refractivity contribution in [3.05, 3.63) is 71.5 Å². The van der Waals surface area contributed by atoms with E-state index in [4.69, 9.17) is 0 Å². The minimum absolute atomic E-state index is 0.0824. The van der Waals surface area contributed by atoms with Gasteiger partial charge in [-0.2, -0.15) is 0 Å². The number of thioether (sulfide) groups is 1. The van der Waals surface area contributed by atoms with Crippen LogP contribution in [0, 0.1) is 13.8 Å². The van der Waals surface area contributed by atoms with E-state index in [1.165, 1.54) is 11.1 Å². The van der Waals surface area contributed by atoms with Gasteiger partial charge in [0.1, 0.15) is 0 Å². The number of nitrogens with zero attached hydrogens (tertiary/aromatic N) is 3. The smallest absolute Gasteiger partial charge is 0.254 e. The third-order valence-electron chi connectivity index (χ3n) is 5.88. The molecule has 0 bridgehead atoms. The van der Waals surface area contributed by atoms with Gasteiger partial charge in [0, 0.05) is 42.0 Å². The van der Waals surface area contributed by atoms with Crippen molar-refractivity contribution in [3.63, 3.8) is 0 Å². The summed E-state index contributed by atoms with van der Waals surface area (Å²) in [4.78, 5) is 25.3. The maximum absolute atomic E-state index is 13.5. The molecule has 1 N–H and O–H groups in total. The number of anilines is 1. The summed E-state index contributed by atoms with van der Waals surface area (Å²) in [5.41, 5.74) is 5.31. The molecule has 6 heteroatoms. The Morgan fingerprint density at radius 3 is 2.61 bits per heavy atom. The van der Waals surface area contributed by atoms with Crippen LogP contribution >= 0.6 is 11.8 Å². The number of nitrogens with one attached hydrogen (secondary N) is 1. The Labute approximate surface area is 188 Å². The molecule has 2 heterocycles. The second-order valence-corrected chi connectivity index (χ2v) is 8.91. The van der Waals surface area contributed by atoms with Crippen LogP contribution < -0.4 is 5.32 Å². The fourth-order valence-electron chi connectivity index (χ4n) is 3.96. The largest absolute Gasteiger partial charge is 0.350 e. The fourth-order valence-corrected chi connectivity index (χ4v) is 4.27. The van der Waals surface area contributed by atoms with Crippen molar-refractivity contribution in [2.24, 2.45) is 0 Å². The van der Waals surface area contributed by atoms with E-state index in [0.717, 1.165) is 41.0 Å². The molecule has 1 amide bonds. The number of rotatable bonds is 5. The van der Waals surface area contributed by atoms with Crippen LogP contribution in [-0.2, 0) is 0 Å². The normalized spacial score (nSPS) is 16.2. The summed E-state index contributed by atoms with van der Waals surface area (Å²) >= 11 is 1.62. The Hall–Kier alpha value is -2.86. The summed E-state index contributed by atoms with van der Waals surface area (Å²) in [6.07, 6.45) is 7.61. The van der Waals surface area contributed by atoms with E-state index in [2.05, 4.69) is 47.3 Å². The number of hydrogen-bond donors (Lipinski definition) is 1. The van der Waals surface area contributed by atoms with Gasteiger partial charge in [-0.25, -0.2) is 9.97 Å². The van der Waals surface area contributed by atoms with E-state index in [-0.39, 0.29) is 11.9 Å². The number of carbonyl (C=O) groups excluding carboxylic acids is 1. The molecular weight excluding hydrogens is 404 g/mol. The lowest BCUT2D eigenvalue weighted by Gasteiger charge is -2.33. The predicted molar refractivity (Wildman–Crippen MR) is 128 cm³/mol. The highest BCUT2D eigenvalue weighted by Crippen LogP contribution is 2.28. The Morgan fingerprint density at radius 2 is 1.87 bits per heavy atom. The average molecular weight is 433 g/mol. The lowest BCUT2D eigenvalue weighted by Crippen LogP contribution is -2.45. The molecular formula is C25H28N4OS. The van der Waals surface area contributed by atoms with Gasteiger partial charge in [0.15, 0.2) is 0 Å². The Morgan fingerprint density at radius 1 is 1.10 bits per heavy atom. The summed E-state index contributed by atoms with van der Waals surface area (Å²) in [5, 5.41) is 3.40. The molecule has 1 aliphatic rings.